The largest absolute Gasteiger partial charge is 0.444 e. The minimum Gasteiger partial charge on any atom is -0.444 e. The fraction of sp³-hybridized carbons (Fsp3) is 0.583. The fourth-order valence-corrected chi connectivity index (χ4v) is 4.74. The van der Waals surface area contributed by atoms with Gasteiger partial charge in [-0.2, -0.15) is 0 Å². The van der Waals surface area contributed by atoms with Crippen molar-refractivity contribution in [1.29, 1.82) is 0 Å². The Kier molecular flexibility index (Phi) is 6.07. The van der Waals surface area contributed by atoms with Gasteiger partial charge in [-0.15, -0.1) is 0 Å². The highest BCUT2D eigenvalue weighted by Gasteiger charge is 2.39. The van der Waals surface area contributed by atoms with Crippen molar-refractivity contribution in [3.8, 4) is 0 Å². The first kappa shape index (κ1) is 23.1. The first-order valence-electron chi connectivity index (χ1n) is 11.5. The molecular formula is C24H32N4O5. The number of carbonyl (C=O) groups is 4. The molecule has 1 aromatic carbocycles. The predicted molar refractivity (Wildman–Crippen MR) is 122 cm³/mol. The van der Waals surface area contributed by atoms with Gasteiger partial charge in [-0.1, -0.05) is 6.07 Å². The lowest BCUT2D eigenvalue weighted by Gasteiger charge is -2.38. The summed E-state index contributed by atoms with van der Waals surface area (Å²) in [5.41, 5.74) is 1.92. The quantitative estimate of drug-likeness (QED) is 0.701. The number of hydrogen-bond acceptors (Lipinski definition) is 6. The Balaban J connectivity index is 1.40. The number of fused-ring (bicyclic) bond motifs is 1. The molecule has 1 N–H and O–H groups in total. The Hall–Kier alpha value is -3.10. The zero-order valence-electron chi connectivity index (χ0n) is 19.7. The fourth-order valence-electron chi connectivity index (χ4n) is 4.74. The molecule has 178 valence electrons. The SMILES string of the molecule is CN(c1ccc2c(c1)C(=O)N(C1CCC(=O)NC1=O)C2)C1CCN(C(=O)OC(C)(C)C)CC1. The van der Waals surface area contributed by atoms with Gasteiger partial charge < -0.3 is 19.4 Å². The van der Waals surface area contributed by atoms with Crippen molar-refractivity contribution < 1.29 is 23.9 Å². The van der Waals surface area contributed by atoms with Gasteiger partial charge in [-0.25, -0.2) is 4.79 Å². The van der Waals surface area contributed by atoms with Crippen LogP contribution in [0.4, 0.5) is 10.5 Å². The number of hydrogen-bond donors (Lipinski definition) is 1. The number of ether oxygens (including phenoxy) is 1. The molecule has 0 bridgehead atoms. The third-order valence-electron chi connectivity index (χ3n) is 6.58. The van der Waals surface area contributed by atoms with Gasteiger partial charge in [0.15, 0.2) is 0 Å². The van der Waals surface area contributed by atoms with E-state index in [-0.39, 0.29) is 30.4 Å². The van der Waals surface area contributed by atoms with Crippen LogP contribution in [0.15, 0.2) is 18.2 Å². The highest BCUT2D eigenvalue weighted by atomic mass is 16.6. The summed E-state index contributed by atoms with van der Waals surface area (Å²) in [6, 6.07) is 5.47. The average Bonchev–Trinajstić information content (AvgIpc) is 3.08. The Labute approximate surface area is 194 Å². The molecule has 1 aromatic rings. The summed E-state index contributed by atoms with van der Waals surface area (Å²) in [4.78, 5) is 54.6. The molecule has 4 rings (SSSR count). The molecule has 0 aromatic heterocycles. The third-order valence-corrected chi connectivity index (χ3v) is 6.58. The first-order chi connectivity index (χ1) is 15.5. The van der Waals surface area contributed by atoms with Gasteiger partial charge in [0, 0.05) is 50.4 Å². The molecule has 0 radical (unpaired) electrons. The van der Waals surface area contributed by atoms with Gasteiger partial charge in [-0.05, 0) is 57.7 Å². The van der Waals surface area contributed by atoms with E-state index >= 15 is 0 Å². The van der Waals surface area contributed by atoms with Gasteiger partial charge in [-0.3, -0.25) is 19.7 Å². The number of rotatable bonds is 3. The van der Waals surface area contributed by atoms with Gasteiger partial charge in [0.1, 0.15) is 11.6 Å². The molecule has 2 saturated heterocycles. The Morgan fingerprint density at radius 2 is 1.82 bits per heavy atom. The van der Waals surface area contributed by atoms with Crippen LogP contribution in [-0.4, -0.2) is 71.4 Å². The summed E-state index contributed by atoms with van der Waals surface area (Å²) >= 11 is 0. The topological polar surface area (TPSA) is 99.3 Å². The third kappa shape index (κ3) is 4.82. The van der Waals surface area contributed by atoms with Crippen molar-refractivity contribution in [3.05, 3.63) is 29.3 Å². The number of piperidine rings is 2. The summed E-state index contributed by atoms with van der Waals surface area (Å²) in [5, 5.41) is 2.33. The lowest BCUT2D eigenvalue weighted by atomic mass is 10.0. The summed E-state index contributed by atoms with van der Waals surface area (Å²) in [7, 11) is 2.01. The second-order valence-electron chi connectivity index (χ2n) is 10.1. The number of imide groups is 1. The van der Waals surface area contributed by atoms with Crippen LogP contribution in [0, 0.1) is 0 Å². The van der Waals surface area contributed by atoms with E-state index in [1.165, 1.54) is 0 Å². The molecule has 2 fully saturated rings. The van der Waals surface area contributed by atoms with Crippen LogP contribution in [0.2, 0.25) is 0 Å². The number of nitrogens with zero attached hydrogens (tertiary/aromatic N) is 3. The molecule has 1 atom stereocenters. The number of amides is 4. The van der Waals surface area contributed by atoms with Crippen LogP contribution in [0.1, 0.15) is 62.4 Å². The highest BCUT2D eigenvalue weighted by Crippen LogP contribution is 2.32. The molecule has 0 saturated carbocycles. The minimum atomic E-state index is -0.610. The van der Waals surface area contributed by atoms with Crippen LogP contribution >= 0.6 is 0 Å². The number of benzene rings is 1. The molecule has 33 heavy (non-hydrogen) atoms. The van der Waals surface area contributed by atoms with Crippen LogP contribution in [0.5, 0.6) is 0 Å². The first-order valence-corrected chi connectivity index (χ1v) is 11.5. The molecule has 9 heteroatoms. The van der Waals surface area contributed by atoms with Crippen molar-refractivity contribution in [3.63, 3.8) is 0 Å². The predicted octanol–water partition coefficient (Wildman–Crippen LogP) is 2.28. The maximum absolute atomic E-state index is 13.1. The van der Waals surface area contributed by atoms with Crippen LogP contribution in [-0.2, 0) is 20.9 Å². The van der Waals surface area contributed by atoms with Gasteiger partial charge in [0.25, 0.3) is 5.91 Å². The molecular weight excluding hydrogens is 424 g/mol. The highest BCUT2D eigenvalue weighted by molar-refractivity contribution is 6.05. The molecule has 1 unspecified atom stereocenters. The average molecular weight is 457 g/mol. The van der Waals surface area contributed by atoms with Gasteiger partial charge in [0.2, 0.25) is 11.8 Å². The smallest absolute Gasteiger partial charge is 0.410 e. The van der Waals surface area contributed by atoms with Crippen molar-refractivity contribution in [2.24, 2.45) is 0 Å². The van der Waals surface area contributed by atoms with Crippen molar-refractivity contribution in [2.45, 2.75) is 70.7 Å². The van der Waals surface area contributed by atoms with E-state index in [2.05, 4.69) is 10.2 Å². The summed E-state index contributed by atoms with van der Waals surface area (Å²) in [5.74, 6) is -0.863. The molecule has 3 heterocycles. The number of nitrogens with one attached hydrogen (secondary N) is 1. The maximum Gasteiger partial charge on any atom is 0.410 e. The second-order valence-corrected chi connectivity index (χ2v) is 10.1. The van der Waals surface area contributed by atoms with Crippen molar-refractivity contribution >= 4 is 29.5 Å². The molecule has 0 spiro atoms. The van der Waals surface area contributed by atoms with E-state index in [0.717, 1.165) is 24.1 Å². The monoisotopic (exact) mass is 456 g/mol. The zero-order valence-corrected chi connectivity index (χ0v) is 19.7. The van der Waals surface area contributed by atoms with Crippen LogP contribution < -0.4 is 10.2 Å². The number of likely N-dealkylation sites (tertiary alicyclic amines) is 1. The number of anilines is 1. The lowest BCUT2D eigenvalue weighted by molar-refractivity contribution is -0.136. The minimum absolute atomic E-state index is 0.172. The maximum atomic E-state index is 13.1. The zero-order chi connectivity index (χ0) is 23.9. The van der Waals surface area contributed by atoms with E-state index in [9.17, 15) is 19.2 Å². The van der Waals surface area contributed by atoms with Crippen LogP contribution in [0.3, 0.4) is 0 Å². The van der Waals surface area contributed by atoms with E-state index < -0.39 is 17.6 Å². The molecule has 3 aliphatic rings. The van der Waals surface area contributed by atoms with Gasteiger partial charge >= 0.3 is 6.09 Å². The molecule has 4 amide bonds. The lowest BCUT2D eigenvalue weighted by Crippen LogP contribution is -2.52. The molecule has 0 aliphatic carbocycles. The summed E-state index contributed by atoms with van der Waals surface area (Å²) in [6.45, 7) is 7.21. The molecule has 3 aliphatic heterocycles. The molecule has 9 nitrogen and oxygen atoms in total. The Morgan fingerprint density at radius 3 is 2.45 bits per heavy atom. The van der Waals surface area contributed by atoms with Gasteiger partial charge in [0.05, 0.1) is 0 Å². The number of carbonyl (C=O) groups excluding carboxylic acids is 4. The Bertz CT molecular complexity index is 978. The van der Waals surface area contributed by atoms with Crippen molar-refractivity contribution in [2.75, 3.05) is 25.0 Å². The van der Waals surface area contributed by atoms with E-state index in [1.807, 2.05) is 46.0 Å². The Morgan fingerprint density at radius 1 is 1.12 bits per heavy atom. The van der Waals surface area contributed by atoms with Crippen LogP contribution in [0.25, 0.3) is 0 Å². The summed E-state index contributed by atoms with van der Waals surface area (Å²) < 4.78 is 5.48. The van der Waals surface area contributed by atoms with E-state index in [1.54, 1.807) is 9.80 Å². The van der Waals surface area contributed by atoms with Crippen molar-refractivity contribution in [1.82, 2.24) is 15.1 Å². The second kappa shape index (κ2) is 8.68. The summed E-state index contributed by atoms with van der Waals surface area (Å²) in [6.07, 6.45) is 1.94. The normalized spacial score (nSPS) is 21.7. The van der Waals surface area contributed by atoms with E-state index in [4.69, 9.17) is 4.74 Å². The standard InChI is InChI=1S/C24H32N4O5/c1-24(2,3)33-23(32)27-11-9-16(10-12-27)26(4)17-6-5-15-14-28(22(31)18(15)13-17)19-7-8-20(29)25-21(19)30/h5-6,13,16,19H,7-12,14H2,1-4H3,(H,25,29,30). The van der Waals surface area contributed by atoms with E-state index in [0.29, 0.717) is 31.6 Å².